The monoisotopic (exact) mass is 599 g/mol. The molecule has 0 aliphatic heterocycles. The number of hydrogen-bond donors (Lipinski definition) is 1. The molecular formula is C31H38FN3O6S. The Bertz CT molecular complexity index is 1490. The molecule has 0 aliphatic rings. The van der Waals surface area contributed by atoms with Crippen LogP contribution in [0.5, 0.6) is 11.5 Å². The van der Waals surface area contributed by atoms with Crippen molar-refractivity contribution >= 4 is 27.5 Å². The van der Waals surface area contributed by atoms with Gasteiger partial charge < -0.3 is 19.7 Å². The number of amides is 2. The van der Waals surface area contributed by atoms with Crippen LogP contribution in [0.15, 0.2) is 72.8 Å². The summed E-state index contributed by atoms with van der Waals surface area (Å²) in [4.78, 5) is 29.2. The van der Waals surface area contributed by atoms with Gasteiger partial charge in [0.1, 0.15) is 29.9 Å². The summed E-state index contributed by atoms with van der Waals surface area (Å²) in [5, 5.41) is 2.93. The Balaban J connectivity index is 2.14. The summed E-state index contributed by atoms with van der Waals surface area (Å²) in [5.41, 5.74) is 0.396. The van der Waals surface area contributed by atoms with E-state index in [9.17, 15) is 22.4 Å². The first kappa shape index (κ1) is 32.4. The van der Waals surface area contributed by atoms with Crippen molar-refractivity contribution < 1.29 is 31.9 Å². The summed E-state index contributed by atoms with van der Waals surface area (Å²) in [6, 6.07) is 18.6. The second-order valence-electron chi connectivity index (χ2n) is 10.9. The minimum atomic E-state index is -4.04. The van der Waals surface area contributed by atoms with Crippen molar-refractivity contribution in [2.75, 3.05) is 31.3 Å². The summed E-state index contributed by atoms with van der Waals surface area (Å²) >= 11 is 0. The normalized spacial score (nSPS) is 12.3. The molecule has 2 amide bonds. The first-order valence-corrected chi connectivity index (χ1v) is 15.2. The molecule has 0 fully saturated rings. The molecule has 0 heterocycles. The van der Waals surface area contributed by atoms with Gasteiger partial charge in [0.05, 0.1) is 26.2 Å². The van der Waals surface area contributed by atoms with Crippen molar-refractivity contribution in [2.45, 2.75) is 45.3 Å². The fourth-order valence-electron chi connectivity index (χ4n) is 4.40. The Morgan fingerprint density at radius 2 is 1.60 bits per heavy atom. The number of hydrogen-bond acceptors (Lipinski definition) is 6. The zero-order valence-electron chi connectivity index (χ0n) is 24.8. The standard InChI is InChI=1S/C31H38FN3O6S/c1-31(2,3)33-30(37)27(18-22-12-8-7-9-13-22)34(20-23-14-10-11-15-25(23)32)29(36)21-35(42(6,38)39)26-19-24(40-4)16-17-28(26)41-5/h7-17,19,27H,18,20-21H2,1-6H3,(H,33,37)/t27-/m1/s1. The van der Waals surface area contributed by atoms with Crippen molar-refractivity contribution in [1.29, 1.82) is 0 Å². The Morgan fingerprint density at radius 1 is 0.952 bits per heavy atom. The highest BCUT2D eigenvalue weighted by Crippen LogP contribution is 2.34. The van der Waals surface area contributed by atoms with E-state index in [4.69, 9.17) is 9.47 Å². The van der Waals surface area contributed by atoms with Gasteiger partial charge in [-0.3, -0.25) is 13.9 Å². The van der Waals surface area contributed by atoms with Crippen LogP contribution in [0.1, 0.15) is 31.9 Å². The first-order chi connectivity index (χ1) is 19.7. The number of nitrogens with zero attached hydrogens (tertiary/aromatic N) is 2. The van der Waals surface area contributed by atoms with Gasteiger partial charge in [0.2, 0.25) is 21.8 Å². The topological polar surface area (TPSA) is 105 Å². The van der Waals surface area contributed by atoms with Crippen LogP contribution >= 0.6 is 0 Å². The Hall–Kier alpha value is -4.12. The van der Waals surface area contributed by atoms with E-state index in [1.54, 1.807) is 12.1 Å². The predicted octanol–water partition coefficient (Wildman–Crippen LogP) is 4.16. The molecule has 9 nitrogen and oxygen atoms in total. The zero-order chi connectivity index (χ0) is 31.1. The second-order valence-corrected chi connectivity index (χ2v) is 12.8. The average molecular weight is 600 g/mol. The van der Waals surface area contributed by atoms with Crippen LogP contribution in [0.4, 0.5) is 10.1 Å². The van der Waals surface area contributed by atoms with Crippen LogP contribution < -0.4 is 19.1 Å². The van der Waals surface area contributed by atoms with Gasteiger partial charge in [-0.15, -0.1) is 0 Å². The minimum absolute atomic E-state index is 0.0808. The van der Waals surface area contributed by atoms with Gasteiger partial charge in [-0.1, -0.05) is 48.5 Å². The molecule has 0 unspecified atom stereocenters. The van der Waals surface area contributed by atoms with E-state index in [0.29, 0.717) is 5.75 Å². The largest absolute Gasteiger partial charge is 0.497 e. The van der Waals surface area contributed by atoms with Crippen molar-refractivity contribution in [3.63, 3.8) is 0 Å². The van der Waals surface area contributed by atoms with Crippen molar-refractivity contribution in [3.8, 4) is 11.5 Å². The molecule has 0 saturated heterocycles. The lowest BCUT2D eigenvalue weighted by molar-refractivity contribution is -0.140. The number of carbonyl (C=O) groups is 2. The zero-order valence-corrected chi connectivity index (χ0v) is 25.6. The Kier molecular flexibility index (Phi) is 10.6. The van der Waals surface area contributed by atoms with Crippen LogP contribution in [0.25, 0.3) is 0 Å². The fraction of sp³-hybridized carbons (Fsp3) is 0.355. The van der Waals surface area contributed by atoms with Crippen LogP contribution in [0.2, 0.25) is 0 Å². The molecule has 0 bridgehead atoms. The molecule has 0 spiro atoms. The van der Waals surface area contributed by atoms with E-state index in [1.165, 1.54) is 49.5 Å². The van der Waals surface area contributed by atoms with Crippen LogP contribution in [0.3, 0.4) is 0 Å². The van der Waals surface area contributed by atoms with E-state index < -0.39 is 45.8 Å². The van der Waals surface area contributed by atoms with Crippen molar-refractivity contribution in [2.24, 2.45) is 0 Å². The summed E-state index contributed by atoms with van der Waals surface area (Å²) in [7, 11) is -1.23. The number of carbonyl (C=O) groups excluding carboxylic acids is 2. The maximum atomic E-state index is 14.9. The molecule has 3 aromatic rings. The lowest BCUT2D eigenvalue weighted by atomic mass is 10.0. The van der Waals surface area contributed by atoms with Gasteiger partial charge in [-0.25, -0.2) is 12.8 Å². The lowest BCUT2D eigenvalue weighted by Crippen LogP contribution is -2.56. The van der Waals surface area contributed by atoms with E-state index in [2.05, 4.69) is 5.32 Å². The van der Waals surface area contributed by atoms with E-state index >= 15 is 0 Å². The van der Waals surface area contributed by atoms with Crippen LogP contribution in [-0.2, 0) is 32.6 Å². The summed E-state index contributed by atoms with van der Waals surface area (Å²) in [5.74, 6) is -1.18. The highest BCUT2D eigenvalue weighted by atomic mass is 32.2. The van der Waals surface area contributed by atoms with E-state index in [1.807, 2.05) is 51.1 Å². The van der Waals surface area contributed by atoms with Gasteiger partial charge in [0.25, 0.3) is 0 Å². The average Bonchev–Trinajstić information content (AvgIpc) is 2.93. The molecule has 0 saturated carbocycles. The Labute approximate surface area is 247 Å². The third kappa shape index (κ3) is 8.69. The molecule has 1 N–H and O–H groups in total. The molecular weight excluding hydrogens is 561 g/mol. The highest BCUT2D eigenvalue weighted by Gasteiger charge is 2.35. The summed E-state index contributed by atoms with van der Waals surface area (Å²) < 4.78 is 52.6. The number of halogens is 1. The molecule has 1 atom stereocenters. The fourth-order valence-corrected chi connectivity index (χ4v) is 5.25. The van der Waals surface area contributed by atoms with Gasteiger partial charge in [0, 0.05) is 30.1 Å². The maximum Gasteiger partial charge on any atom is 0.244 e. The van der Waals surface area contributed by atoms with Crippen molar-refractivity contribution in [1.82, 2.24) is 10.2 Å². The Morgan fingerprint density at radius 3 is 2.17 bits per heavy atom. The number of benzene rings is 3. The molecule has 0 aliphatic carbocycles. The molecule has 3 rings (SSSR count). The van der Waals surface area contributed by atoms with Crippen LogP contribution in [0, 0.1) is 5.82 Å². The number of rotatable bonds is 12. The molecule has 226 valence electrons. The smallest absolute Gasteiger partial charge is 0.244 e. The van der Waals surface area contributed by atoms with Gasteiger partial charge in [-0.2, -0.15) is 0 Å². The molecule has 0 radical (unpaired) electrons. The number of methoxy groups -OCH3 is 2. The lowest BCUT2D eigenvalue weighted by Gasteiger charge is -2.35. The van der Waals surface area contributed by atoms with Crippen molar-refractivity contribution in [3.05, 3.63) is 89.7 Å². The molecule has 42 heavy (non-hydrogen) atoms. The quantitative estimate of drug-likeness (QED) is 0.335. The number of ether oxygens (including phenoxy) is 2. The second kappa shape index (κ2) is 13.7. The molecule has 3 aromatic carbocycles. The third-order valence-corrected chi connectivity index (χ3v) is 7.53. The van der Waals surface area contributed by atoms with Gasteiger partial charge in [0.15, 0.2) is 0 Å². The SMILES string of the molecule is COc1ccc(OC)c(N(CC(=O)N(Cc2ccccc2F)[C@H](Cc2ccccc2)C(=O)NC(C)(C)C)S(C)(=O)=O)c1. The maximum absolute atomic E-state index is 14.9. The highest BCUT2D eigenvalue weighted by molar-refractivity contribution is 7.92. The minimum Gasteiger partial charge on any atom is -0.497 e. The third-order valence-electron chi connectivity index (χ3n) is 6.40. The number of nitrogens with one attached hydrogen (secondary N) is 1. The summed E-state index contributed by atoms with van der Waals surface area (Å²) in [6.07, 6.45) is 1.08. The van der Waals surface area contributed by atoms with Gasteiger partial charge in [-0.05, 0) is 44.5 Å². The van der Waals surface area contributed by atoms with E-state index in [0.717, 1.165) is 16.1 Å². The van der Waals surface area contributed by atoms with Crippen LogP contribution in [-0.4, -0.2) is 63.7 Å². The predicted molar refractivity (Wildman–Crippen MR) is 161 cm³/mol. The van der Waals surface area contributed by atoms with E-state index in [-0.39, 0.29) is 30.0 Å². The number of sulfonamides is 1. The number of anilines is 1. The van der Waals surface area contributed by atoms with Gasteiger partial charge >= 0.3 is 0 Å². The summed E-state index contributed by atoms with van der Waals surface area (Å²) in [6.45, 7) is 4.49. The molecule has 0 aromatic heterocycles. The molecule has 11 heteroatoms. The first-order valence-electron chi connectivity index (χ1n) is 13.3.